The molecule has 0 aliphatic heterocycles. The predicted octanol–water partition coefficient (Wildman–Crippen LogP) is 2.13. The molecule has 3 heteroatoms. The van der Waals surface area contributed by atoms with Crippen LogP contribution in [-0.2, 0) is 13.5 Å². The SMILES string of the molecule is Cn1ccc(CCNC2CCCC2(C)C)n1. The van der Waals surface area contributed by atoms with E-state index in [2.05, 4.69) is 30.3 Å². The summed E-state index contributed by atoms with van der Waals surface area (Å²) in [4.78, 5) is 0. The van der Waals surface area contributed by atoms with Gasteiger partial charge in [-0.25, -0.2) is 0 Å². The molecule has 0 spiro atoms. The number of aromatic nitrogens is 2. The number of rotatable bonds is 4. The van der Waals surface area contributed by atoms with Gasteiger partial charge in [0.15, 0.2) is 0 Å². The minimum Gasteiger partial charge on any atom is -0.313 e. The van der Waals surface area contributed by atoms with Crippen LogP contribution in [0.4, 0.5) is 0 Å². The first-order chi connectivity index (χ1) is 7.58. The third kappa shape index (κ3) is 2.64. The van der Waals surface area contributed by atoms with Crippen LogP contribution in [0.15, 0.2) is 12.3 Å². The highest BCUT2D eigenvalue weighted by Gasteiger charge is 2.33. The molecular formula is C13H23N3. The molecule has 16 heavy (non-hydrogen) atoms. The van der Waals surface area contributed by atoms with E-state index in [1.165, 1.54) is 25.0 Å². The van der Waals surface area contributed by atoms with Crippen molar-refractivity contribution in [3.8, 4) is 0 Å². The van der Waals surface area contributed by atoms with Crippen molar-refractivity contribution in [2.75, 3.05) is 6.54 Å². The van der Waals surface area contributed by atoms with Crippen LogP contribution in [0.2, 0.25) is 0 Å². The van der Waals surface area contributed by atoms with Gasteiger partial charge in [-0.05, 0) is 24.3 Å². The molecule has 1 fully saturated rings. The minimum atomic E-state index is 0.476. The average Bonchev–Trinajstić information content (AvgIpc) is 2.74. The van der Waals surface area contributed by atoms with Gasteiger partial charge in [-0.3, -0.25) is 4.68 Å². The molecule has 1 aromatic heterocycles. The summed E-state index contributed by atoms with van der Waals surface area (Å²) >= 11 is 0. The monoisotopic (exact) mass is 221 g/mol. The molecule has 1 atom stereocenters. The standard InChI is InChI=1S/C13H23N3/c1-13(2)8-4-5-12(13)14-9-6-11-7-10-16(3)15-11/h7,10,12,14H,4-6,8-9H2,1-3H3. The van der Waals surface area contributed by atoms with E-state index in [0.717, 1.165) is 13.0 Å². The molecule has 1 aliphatic rings. The van der Waals surface area contributed by atoms with Gasteiger partial charge in [-0.15, -0.1) is 0 Å². The van der Waals surface area contributed by atoms with Crippen LogP contribution in [0, 0.1) is 5.41 Å². The van der Waals surface area contributed by atoms with E-state index in [1.54, 1.807) is 0 Å². The van der Waals surface area contributed by atoms with E-state index in [0.29, 0.717) is 11.5 Å². The molecule has 3 nitrogen and oxygen atoms in total. The Balaban J connectivity index is 1.76. The summed E-state index contributed by atoms with van der Waals surface area (Å²) in [5.41, 5.74) is 1.66. The number of hydrogen-bond donors (Lipinski definition) is 1. The highest BCUT2D eigenvalue weighted by atomic mass is 15.2. The fraction of sp³-hybridized carbons (Fsp3) is 0.769. The second-order valence-corrected chi connectivity index (χ2v) is 5.62. The van der Waals surface area contributed by atoms with E-state index in [1.807, 2.05) is 17.9 Å². The van der Waals surface area contributed by atoms with E-state index in [-0.39, 0.29) is 0 Å². The van der Waals surface area contributed by atoms with Crippen LogP contribution in [0.25, 0.3) is 0 Å². The van der Waals surface area contributed by atoms with Crippen LogP contribution in [0.5, 0.6) is 0 Å². The number of hydrogen-bond acceptors (Lipinski definition) is 2. The largest absolute Gasteiger partial charge is 0.313 e. The zero-order valence-electron chi connectivity index (χ0n) is 10.7. The maximum absolute atomic E-state index is 4.39. The van der Waals surface area contributed by atoms with Gasteiger partial charge >= 0.3 is 0 Å². The second kappa shape index (κ2) is 4.58. The van der Waals surface area contributed by atoms with Crippen molar-refractivity contribution in [3.05, 3.63) is 18.0 Å². The number of nitrogens with zero attached hydrogens (tertiary/aromatic N) is 2. The van der Waals surface area contributed by atoms with E-state index < -0.39 is 0 Å². The lowest BCUT2D eigenvalue weighted by Crippen LogP contribution is -2.38. The molecule has 2 rings (SSSR count). The summed E-state index contributed by atoms with van der Waals surface area (Å²) in [6, 6.07) is 2.79. The molecule has 0 saturated heterocycles. The lowest BCUT2D eigenvalue weighted by Gasteiger charge is -2.27. The van der Waals surface area contributed by atoms with Crippen LogP contribution in [0.1, 0.15) is 38.8 Å². The number of nitrogens with one attached hydrogen (secondary N) is 1. The normalized spacial score (nSPS) is 23.8. The molecule has 1 heterocycles. The molecule has 1 saturated carbocycles. The van der Waals surface area contributed by atoms with Crippen molar-refractivity contribution >= 4 is 0 Å². The molecule has 0 radical (unpaired) electrons. The Morgan fingerprint density at radius 3 is 2.94 bits per heavy atom. The summed E-state index contributed by atoms with van der Waals surface area (Å²) in [6.07, 6.45) is 7.10. The Labute approximate surface area is 98.2 Å². The summed E-state index contributed by atoms with van der Waals surface area (Å²) in [7, 11) is 1.97. The van der Waals surface area contributed by atoms with Crippen molar-refractivity contribution in [3.63, 3.8) is 0 Å². The summed E-state index contributed by atoms with van der Waals surface area (Å²) < 4.78 is 1.87. The van der Waals surface area contributed by atoms with Crippen LogP contribution >= 0.6 is 0 Å². The number of aryl methyl sites for hydroxylation is 1. The van der Waals surface area contributed by atoms with Crippen molar-refractivity contribution in [2.45, 2.75) is 45.6 Å². The molecule has 0 aromatic carbocycles. The first-order valence-corrected chi connectivity index (χ1v) is 6.30. The Morgan fingerprint density at radius 2 is 2.38 bits per heavy atom. The molecule has 1 aliphatic carbocycles. The maximum Gasteiger partial charge on any atom is 0.0637 e. The zero-order chi connectivity index (χ0) is 11.6. The Bertz CT molecular complexity index is 341. The molecule has 0 amide bonds. The Hall–Kier alpha value is -0.830. The fourth-order valence-corrected chi connectivity index (χ4v) is 2.68. The fourth-order valence-electron chi connectivity index (χ4n) is 2.68. The van der Waals surface area contributed by atoms with E-state index in [9.17, 15) is 0 Å². The lowest BCUT2D eigenvalue weighted by atomic mass is 9.87. The van der Waals surface area contributed by atoms with E-state index in [4.69, 9.17) is 0 Å². The molecule has 1 unspecified atom stereocenters. The van der Waals surface area contributed by atoms with Crippen LogP contribution < -0.4 is 5.32 Å². The topological polar surface area (TPSA) is 29.9 Å². The van der Waals surface area contributed by atoms with Crippen LogP contribution in [0.3, 0.4) is 0 Å². The van der Waals surface area contributed by atoms with Gasteiger partial charge < -0.3 is 5.32 Å². The highest BCUT2D eigenvalue weighted by molar-refractivity contribution is 4.99. The van der Waals surface area contributed by atoms with Crippen LogP contribution in [-0.4, -0.2) is 22.4 Å². The average molecular weight is 221 g/mol. The van der Waals surface area contributed by atoms with Crippen molar-refractivity contribution in [2.24, 2.45) is 12.5 Å². The van der Waals surface area contributed by atoms with E-state index >= 15 is 0 Å². The zero-order valence-corrected chi connectivity index (χ0v) is 10.7. The van der Waals surface area contributed by atoms with Gasteiger partial charge in [0.25, 0.3) is 0 Å². The molecule has 0 bridgehead atoms. The minimum absolute atomic E-state index is 0.476. The summed E-state index contributed by atoms with van der Waals surface area (Å²) in [6.45, 7) is 5.79. The predicted molar refractivity (Wildman–Crippen MR) is 66.3 cm³/mol. The van der Waals surface area contributed by atoms with Gasteiger partial charge in [-0.1, -0.05) is 20.3 Å². The van der Waals surface area contributed by atoms with Gasteiger partial charge in [0.05, 0.1) is 5.69 Å². The molecule has 90 valence electrons. The Kier molecular flexibility index (Phi) is 3.33. The third-order valence-electron chi connectivity index (χ3n) is 3.80. The Morgan fingerprint density at radius 1 is 1.56 bits per heavy atom. The summed E-state index contributed by atoms with van der Waals surface area (Å²) in [5.74, 6) is 0. The first-order valence-electron chi connectivity index (χ1n) is 6.30. The van der Waals surface area contributed by atoms with Gasteiger partial charge in [0, 0.05) is 32.3 Å². The quantitative estimate of drug-likeness (QED) is 0.844. The second-order valence-electron chi connectivity index (χ2n) is 5.62. The third-order valence-corrected chi connectivity index (χ3v) is 3.80. The van der Waals surface area contributed by atoms with Crippen molar-refractivity contribution in [1.82, 2.24) is 15.1 Å². The summed E-state index contributed by atoms with van der Waals surface area (Å²) in [5, 5.41) is 8.07. The molecular weight excluding hydrogens is 198 g/mol. The first kappa shape index (κ1) is 11.6. The van der Waals surface area contributed by atoms with Crippen molar-refractivity contribution in [1.29, 1.82) is 0 Å². The molecule has 1 N–H and O–H groups in total. The maximum atomic E-state index is 4.39. The van der Waals surface area contributed by atoms with Gasteiger partial charge in [0.2, 0.25) is 0 Å². The molecule has 1 aromatic rings. The van der Waals surface area contributed by atoms with Gasteiger partial charge in [0.1, 0.15) is 0 Å². The highest BCUT2D eigenvalue weighted by Crippen LogP contribution is 2.36. The smallest absolute Gasteiger partial charge is 0.0637 e. The lowest BCUT2D eigenvalue weighted by molar-refractivity contribution is 0.285. The van der Waals surface area contributed by atoms with Gasteiger partial charge in [-0.2, -0.15) is 5.10 Å². The van der Waals surface area contributed by atoms with Crippen molar-refractivity contribution < 1.29 is 0 Å².